The Kier molecular flexibility index (Phi) is 5.46. The number of nitrogens with one attached hydrogen (secondary N) is 1. The van der Waals surface area contributed by atoms with E-state index < -0.39 is 0 Å². The average Bonchev–Trinajstić information content (AvgIpc) is 2.51. The highest BCUT2D eigenvalue weighted by molar-refractivity contribution is 6.30. The summed E-state index contributed by atoms with van der Waals surface area (Å²) in [6.07, 6.45) is 0. The van der Waals surface area contributed by atoms with Crippen molar-refractivity contribution in [3.05, 3.63) is 64.7 Å². The van der Waals surface area contributed by atoms with Crippen LogP contribution in [-0.4, -0.2) is 26.5 Å². The Labute approximate surface area is 135 Å². The zero-order valence-electron chi connectivity index (χ0n) is 12.6. The second-order valence-electron chi connectivity index (χ2n) is 4.94. The molecule has 1 amide bonds. The Morgan fingerprint density at radius 3 is 2.55 bits per heavy atom. The molecule has 112 valence electrons. The van der Waals surface area contributed by atoms with Crippen LogP contribution in [0.1, 0.15) is 15.9 Å². The summed E-state index contributed by atoms with van der Waals surface area (Å²) in [4.78, 5) is 13.9. The molecule has 0 radical (unpaired) electrons. The Morgan fingerprint density at radius 2 is 1.91 bits per heavy atom. The SMILES string of the molecule is CN(C)c1ccc(C#CCNC(=O)c2cccc(Cl)c2)cc1. The van der Waals surface area contributed by atoms with Gasteiger partial charge < -0.3 is 10.2 Å². The lowest BCUT2D eigenvalue weighted by Gasteiger charge is -2.11. The van der Waals surface area contributed by atoms with Gasteiger partial charge in [0.15, 0.2) is 0 Å². The molecule has 0 heterocycles. The summed E-state index contributed by atoms with van der Waals surface area (Å²) in [5.41, 5.74) is 2.58. The van der Waals surface area contributed by atoms with Gasteiger partial charge in [-0.3, -0.25) is 4.79 Å². The first-order valence-electron chi connectivity index (χ1n) is 6.86. The van der Waals surface area contributed by atoms with Gasteiger partial charge in [-0.1, -0.05) is 29.5 Å². The molecule has 0 aliphatic heterocycles. The van der Waals surface area contributed by atoms with E-state index in [0.29, 0.717) is 17.1 Å². The fraction of sp³-hybridized carbons (Fsp3) is 0.167. The number of rotatable bonds is 3. The van der Waals surface area contributed by atoms with Gasteiger partial charge in [0.25, 0.3) is 5.91 Å². The lowest BCUT2D eigenvalue weighted by atomic mass is 10.2. The fourth-order valence-corrected chi connectivity index (χ4v) is 2.04. The number of carbonyl (C=O) groups is 1. The lowest BCUT2D eigenvalue weighted by molar-refractivity contribution is 0.0958. The first-order chi connectivity index (χ1) is 10.6. The average molecular weight is 313 g/mol. The molecule has 0 aromatic heterocycles. The normalized spacial score (nSPS) is 9.59. The van der Waals surface area contributed by atoms with Crippen molar-refractivity contribution in [3.63, 3.8) is 0 Å². The summed E-state index contributed by atoms with van der Waals surface area (Å²) in [5.74, 6) is 5.78. The molecule has 22 heavy (non-hydrogen) atoms. The highest BCUT2D eigenvalue weighted by Crippen LogP contribution is 2.11. The van der Waals surface area contributed by atoms with Crippen LogP contribution >= 0.6 is 11.6 Å². The van der Waals surface area contributed by atoms with Crippen LogP contribution in [0.2, 0.25) is 5.02 Å². The number of hydrogen-bond donors (Lipinski definition) is 1. The highest BCUT2D eigenvalue weighted by Gasteiger charge is 2.03. The van der Waals surface area contributed by atoms with Gasteiger partial charge >= 0.3 is 0 Å². The summed E-state index contributed by atoms with van der Waals surface area (Å²) in [6, 6.07) is 14.8. The van der Waals surface area contributed by atoms with Crippen molar-refractivity contribution in [2.45, 2.75) is 0 Å². The number of amides is 1. The predicted octanol–water partition coefficient (Wildman–Crippen LogP) is 3.19. The van der Waals surface area contributed by atoms with E-state index in [1.165, 1.54) is 0 Å². The van der Waals surface area contributed by atoms with Crippen LogP contribution < -0.4 is 10.2 Å². The maximum absolute atomic E-state index is 11.9. The maximum atomic E-state index is 11.9. The monoisotopic (exact) mass is 312 g/mol. The third-order valence-electron chi connectivity index (χ3n) is 3.04. The summed E-state index contributed by atoms with van der Waals surface area (Å²) < 4.78 is 0. The zero-order valence-corrected chi connectivity index (χ0v) is 13.3. The molecule has 0 aliphatic rings. The third-order valence-corrected chi connectivity index (χ3v) is 3.28. The van der Waals surface area contributed by atoms with Crippen LogP contribution in [0, 0.1) is 11.8 Å². The molecular weight excluding hydrogens is 296 g/mol. The van der Waals surface area contributed by atoms with Crippen LogP contribution in [0.15, 0.2) is 48.5 Å². The van der Waals surface area contributed by atoms with Crippen LogP contribution in [0.25, 0.3) is 0 Å². The molecule has 1 N–H and O–H groups in total. The predicted molar refractivity (Wildman–Crippen MR) is 91.4 cm³/mol. The number of benzene rings is 2. The number of nitrogens with zero attached hydrogens (tertiary/aromatic N) is 1. The number of anilines is 1. The van der Waals surface area contributed by atoms with Gasteiger partial charge in [-0.25, -0.2) is 0 Å². The van der Waals surface area contributed by atoms with Gasteiger partial charge in [0.2, 0.25) is 0 Å². The molecule has 4 heteroatoms. The van der Waals surface area contributed by atoms with Gasteiger partial charge in [-0.2, -0.15) is 0 Å². The standard InChI is InChI=1S/C18H17ClN2O/c1-21(2)17-10-8-14(9-11-17)5-4-12-20-18(22)15-6-3-7-16(19)13-15/h3,6-11,13H,12H2,1-2H3,(H,20,22). The largest absolute Gasteiger partial charge is 0.378 e. The Balaban J connectivity index is 1.90. The quantitative estimate of drug-likeness (QED) is 0.883. The molecule has 0 bridgehead atoms. The number of hydrogen-bond acceptors (Lipinski definition) is 2. The topological polar surface area (TPSA) is 32.3 Å². The summed E-state index contributed by atoms with van der Waals surface area (Å²) in [7, 11) is 3.98. The second kappa shape index (κ2) is 7.53. The molecular formula is C18H17ClN2O. The molecule has 0 aliphatic carbocycles. The van der Waals surface area contributed by atoms with E-state index in [0.717, 1.165) is 11.3 Å². The van der Waals surface area contributed by atoms with E-state index in [1.807, 2.05) is 43.3 Å². The maximum Gasteiger partial charge on any atom is 0.252 e. The van der Waals surface area contributed by atoms with E-state index in [2.05, 4.69) is 17.2 Å². The van der Waals surface area contributed by atoms with Crippen LogP contribution in [-0.2, 0) is 0 Å². The molecule has 2 rings (SSSR count). The Hall–Kier alpha value is -2.44. The van der Waals surface area contributed by atoms with Crippen molar-refractivity contribution in [1.29, 1.82) is 0 Å². The minimum atomic E-state index is -0.181. The molecule has 0 atom stereocenters. The van der Waals surface area contributed by atoms with Gasteiger partial charge in [0.05, 0.1) is 6.54 Å². The Bertz CT molecular complexity index is 712. The molecule has 3 nitrogen and oxygen atoms in total. The molecule has 2 aromatic rings. The van der Waals surface area contributed by atoms with E-state index in [1.54, 1.807) is 24.3 Å². The van der Waals surface area contributed by atoms with Crippen molar-refractivity contribution in [2.75, 3.05) is 25.5 Å². The van der Waals surface area contributed by atoms with E-state index >= 15 is 0 Å². The van der Waals surface area contributed by atoms with Crippen molar-refractivity contribution >= 4 is 23.2 Å². The van der Waals surface area contributed by atoms with Gasteiger partial charge in [0, 0.05) is 35.9 Å². The number of carbonyl (C=O) groups excluding carboxylic acids is 1. The van der Waals surface area contributed by atoms with Crippen molar-refractivity contribution in [3.8, 4) is 11.8 Å². The molecule has 0 unspecified atom stereocenters. The van der Waals surface area contributed by atoms with E-state index in [-0.39, 0.29) is 5.91 Å². The minimum absolute atomic E-state index is 0.181. The van der Waals surface area contributed by atoms with E-state index in [4.69, 9.17) is 11.6 Å². The second-order valence-corrected chi connectivity index (χ2v) is 5.37. The fourth-order valence-electron chi connectivity index (χ4n) is 1.85. The molecule has 0 saturated heterocycles. The highest BCUT2D eigenvalue weighted by atomic mass is 35.5. The zero-order chi connectivity index (χ0) is 15.9. The van der Waals surface area contributed by atoms with Crippen LogP contribution in [0.3, 0.4) is 0 Å². The molecule has 0 saturated carbocycles. The molecule has 2 aromatic carbocycles. The summed E-state index contributed by atoms with van der Waals surface area (Å²) in [5, 5.41) is 3.29. The molecule has 0 fully saturated rings. The lowest BCUT2D eigenvalue weighted by Crippen LogP contribution is -2.23. The first kappa shape index (κ1) is 15.9. The van der Waals surface area contributed by atoms with Gasteiger partial charge in [-0.15, -0.1) is 0 Å². The first-order valence-corrected chi connectivity index (χ1v) is 7.24. The summed E-state index contributed by atoms with van der Waals surface area (Å²) in [6.45, 7) is 0.292. The smallest absolute Gasteiger partial charge is 0.252 e. The van der Waals surface area contributed by atoms with Gasteiger partial charge in [-0.05, 0) is 42.5 Å². The van der Waals surface area contributed by atoms with Crippen molar-refractivity contribution in [2.24, 2.45) is 0 Å². The van der Waals surface area contributed by atoms with E-state index in [9.17, 15) is 4.79 Å². The summed E-state index contributed by atoms with van der Waals surface area (Å²) >= 11 is 5.85. The number of halogens is 1. The van der Waals surface area contributed by atoms with Gasteiger partial charge in [0.1, 0.15) is 0 Å². The third kappa shape index (κ3) is 4.54. The van der Waals surface area contributed by atoms with Crippen molar-refractivity contribution < 1.29 is 4.79 Å². The van der Waals surface area contributed by atoms with Crippen LogP contribution in [0.5, 0.6) is 0 Å². The Morgan fingerprint density at radius 1 is 1.18 bits per heavy atom. The van der Waals surface area contributed by atoms with Crippen molar-refractivity contribution in [1.82, 2.24) is 5.32 Å². The van der Waals surface area contributed by atoms with Crippen LogP contribution in [0.4, 0.5) is 5.69 Å². The minimum Gasteiger partial charge on any atom is -0.378 e. The molecule has 0 spiro atoms.